The highest BCUT2D eigenvalue weighted by atomic mass is 16.3. The molecule has 1 saturated heterocycles. The molecule has 5 nitrogen and oxygen atoms in total. The fraction of sp³-hybridized carbons (Fsp3) is 0.706. The highest BCUT2D eigenvalue weighted by molar-refractivity contribution is 5.97. The zero-order valence-electron chi connectivity index (χ0n) is 13.7. The van der Waals surface area contributed by atoms with Crippen LogP contribution in [0.1, 0.15) is 34.6 Å². The van der Waals surface area contributed by atoms with E-state index in [-0.39, 0.29) is 5.78 Å². The van der Waals surface area contributed by atoms with Gasteiger partial charge in [-0.25, -0.2) is 0 Å². The number of aryl methyl sites for hydroxylation is 2. The molecule has 1 atom stereocenters. The fourth-order valence-electron chi connectivity index (χ4n) is 3.66. The molecule has 1 aliphatic heterocycles. The van der Waals surface area contributed by atoms with Gasteiger partial charge in [0.15, 0.2) is 5.78 Å². The maximum Gasteiger partial charge on any atom is 0.179 e. The van der Waals surface area contributed by atoms with Gasteiger partial charge in [0.25, 0.3) is 0 Å². The quantitative estimate of drug-likeness (QED) is 0.899. The van der Waals surface area contributed by atoms with E-state index in [1.807, 2.05) is 11.5 Å². The number of fused-ring (bicyclic) bond motifs is 1. The number of carbonyl (C=O) groups excluding carboxylic acids is 1. The minimum Gasteiger partial charge on any atom is -0.390 e. The second kappa shape index (κ2) is 6.52. The van der Waals surface area contributed by atoms with Gasteiger partial charge in [-0.05, 0) is 38.4 Å². The molecule has 1 fully saturated rings. The van der Waals surface area contributed by atoms with Crippen LogP contribution in [0, 0.1) is 6.92 Å². The molecule has 0 aromatic carbocycles. The maximum absolute atomic E-state index is 12.2. The first-order valence-corrected chi connectivity index (χ1v) is 8.36. The number of carbonyl (C=O) groups is 1. The van der Waals surface area contributed by atoms with E-state index < -0.39 is 6.10 Å². The summed E-state index contributed by atoms with van der Waals surface area (Å²) in [5, 5.41) is 10.5. The summed E-state index contributed by atoms with van der Waals surface area (Å²) in [7, 11) is 2.13. The number of β-amino-alcohol motifs (C(OH)–C–C–N with tert-alkyl or cyclic N) is 1. The first-order chi connectivity index (χ1) is 10.5. The smallest absolute Gasteiger partial charge is 0.179 e. The van der Waals surface area contributed by atoms with Crippen molar-refractivity contribution in [3.05, 3.63) is 23.0 Å². The number of aliphatic hydroxyl groups is 1. The van der Waals surface area contributed by atoms with Crippen LogP contribution in [0.2, 0.25) is 0 Å². The van der Waals surface area contributed by atoms with Gasteiger partial charge < -0.3 is 14.6 Å². The molecular formula is C17H27N3O2. The van der Waals surface area contributed by atoms with Crippen molar-refractivity contribution in [2.75, 3.05) is 39.8 Å². The first-order valence-electron chi connectivity index (χ1n) is 8.36. The molecular weight excluding hydrogens is 278 g/mol. The Morgan fingerprint density at radius 3 is 2.64 bits per heavy atom. The van der Waals surface area contributed by atoms with Crippen LogP contribution in [0.3, 0.4) is 0 Å². The maximum atomic E-state index is 12.2. The predicted molar refractivity (Wildman–Crippen MR) is 86.4 cm³/mol. The van der Waals surface area contributed by atoms with Gasteiger partial charge in [0.1, 0.15) is 0 Å². The van der Waals surface area contributed by atoms with Crippen molar-refractivity contribution in [2.45, 2.75) is 38.8 Å². The minimum atomic E-state index is -0.423. The molecule has 122 valence electrons. The molecule has 0 bridgehead atoms. The molecule has 0 saturated carbocycles. The summed E-state index contributed by atoms with van der Waals surface area (Å²) < 4.78 is 2.04. The lowest BCUT2D eigenvalue weighted by Gasteiger charge is -2.33. The first kappa shape index (κ1) is 15.7. The second-order valence-electron chi connectivity index (χ2n) is 6.80. The Kier molecular flexibility index (Phi) is 4.66. The summed E-state index contributed by atoms with van der Waals surface area (Å²) >= 11 is 0. The summed E-state index contributed by atoms with van der Waals surface area (Å²) in [4.78, 5) is 16.8. The number of hydrogen-bond donors (Lipinski definition) is 1. The number of likely N-dealkylation sites (N-methyl/N-ethyl adjacent to an activating group) is 1. The number of aliphatic hydroxyl groups excluding tert-OH is 1. The highest BCUT2D eigenvalue weighted by Crippen LogP contribution is 2.25. The number of Topliss-reactive ketones (excluding diaryl/α,β-unsaturated/α-hetero) is 1. The Bertz CT molecular complexity index is 544. The summed E-state index contributed by atoms with van der Waals surface area (Å²) in [6, 6.07) is 2.12. The third-order valence-corrected chi connectivity index (χ3v) is 4.96. The van der Waals surface area contributed by atoms with Crippen LogP contribution >= 0.6 is 0 Å². The van der Waals surface area contributed by atoms with Crippen LogP contribution in [-0.2, 0) is 13.0 Å². The van der Waals surface area contributed by atoms with Crippen molar-refractivity contribution in [3.63, 3.8) is 0 Å². The second-order valence-corrected chi connectivity index (χ2v) is 6.80. The molecule has 3 rings (SSSR count). The molecule has 0 spiro atoms. The minimum absolute atomic E-state index is 0.237. The summed E-state index contributed by atoms with van der Waals surface area (Å²) in [5.41, 5.74) is 3.11. The van der Waals surface area contributed by atoms with Gasteiger partial charge in [-0.2, -0.15) is 0 Å². The van der Waals surface area contributed by atoms with E-state index >= 15 is 0 Å². The van der Waals surface area contributed by atoms with E-state index in [1.165, 1.54) is 5.56 Å². The molecule has 1 N–H and O–H groups in total. The molecule has 0 amide bonds. The number of rotatable bonds is 4. The lowest BCUT2D eigenvalue weighted by molar-refractivity contribution is 0.0697. The number of nitrogens with zero attached hydrogens (tertiary/aromatic N) is 3. The lowest BCUT2D eigenvalue weighted by Crippen LogP contribution is -2.47. The van der Waals surface area contributed by atoms with Gasteiger partial charge >= 0.3 is 0 Å². The van der Waals surface area contributed by atoms with Crippen molar-refractivity contribution in [1.29, 1.82) is 0 Å². The topological polar surface area (TPSA) is 48.7 Å². The van der Waals surface area contributed by atoms with E-state index in [0.29, 0.717) is 19.5 Å². The SMILES string of the molecule is Cc1cc2c(n1CC(O)CN1CCN(C)CC1)C(=O)CCC2. The van der Waals surface area contributed by atoms with Gasteiger partial charge in [-0.3, -0.25) is 9.69 Å². The number of hydrogen-bond acceptors (Lipinski definition) is 4. The summed E-state index contributed by atoms with van der Waals surface area (Å²) in [6.07, 6.45) is 2.17. The highest BCUT2D eigenvalue weighted by Gasteiger charge is 2.25. The van der Waals surface area contributed by atoms with Crippen molar-refractivity contribution in [3.8, 4) is 0 Å². The zero-order chi connectivity index (χ0) is 15.7. The molecule has 1 aromatic rings. The number of aromatic nitrogens is 1. The van der Waals surface area contributed by atoms with Gasteiger partial charge in [-0.15, -0.1) is 0 Å². The molecule has 5 heteroatoms. The fourth-order valence-corrected chi connectivity index (χ4v) is 3.66. The molecule has 0 radical (unpaired) electrons. The molecule has 1 aliphatic carbocycles. The van der Waals surface area contributed by atoms with Crippen LogP contribution in [-0.4, -0.2) is 71.1 Å². The van der Waals surface area contributed by atoms with E-state index in [1.54, 1.807) is 0 Å². The van der Waals surface area contributed by atoms with E-state index in [4.69, 9.17) is 0 Å². The van der Waals surface area contributed by atoms with Crippen LogP contribution in [0.4, 0.5) is 0 Å². The third kappa shape index (κ3) is 3.26. The van der Waals surface area contributed by atoms with Gasteiger partial charge in [0.2, 0.25) is 0 Å². The van der Waals surface area contributed by atoms with E-state index in [2.05, 4.69) is 22.9 Å². The van der Waals surface area contributed by atoms with Crippen LogP contribution in [0.5, 0.6) is 0 Å². The van der Waals surface area contributed by atoms with Gasteiger partial charge in [0, 0.05) is 44.8 Å². The predicted octanol–water partition coefficient (Wildman–Crippen LogP) is 0.924. The summed E-state index contributed by atoms with van der Waals surface area (Å²) in [6.45, 7) is 7.39. The Hall–Kier alpha value is -1.17. The van der Waals surface area contributed by atoms with E-state index in [9.17, 15) is 9.90 Å². The largest absolute Gasteiger partial charge is 0.390 e. The Balaban J connectivity index is 1.65. The average molecular weight is 305 g/mol. The van der Waals surface area contributed by atoms with Crippen LogP contribution < -0.4 is 0 Å². The molecule has 1 aromatic heterocycles. The van der Waals surface area contributed by atoms with Gasteiger partial charge in [0.05, 0.1) is 18.3 Å². The van der Waals surface area contributed by atoms with Crippen molar-refractivity contribution < 1.29 is 9.90 Å². The lowest BCUT2D eigenvalue weighted by atomic mass is 9.97. The van der Waals surface area contributed by atoms with Crippen LogP contribution in [0.25, 0.3) is 0 Å². The molecule has 1 unspecified atom stereocenters. The van der Waals surface area contributed by atoms with Gasteiger partial charge in [-0.1, -0.05) is 0 Å². The monoisotopic (exact) mass is 305 g/mol. The summed E-state index contributed by atoms with van der Waals surface area (Å²) in [5.74, 6) is 0.237. The normalized spacial score (nSPS) is 21.9. The van der Waals surface area contributed by atoms with Crippen molar-refractivity contribution >= 4 is 5.78 Å². The van der Waals surface area contributed by atoms with Crippen molar-refractivity contribution in [1.82, 2.24) is 14.4 Å². The molecule has 22 heavy (non-hydrogen) atoms. The van der Waals surface area contributed by atoms with Crippen LogP contribution in [0.15, 0.2) is 6.07 Å². The molecule has 2 aliphatic rings. The van der Waals surface area contributed by atoms with E-state index in [0.717, 1.165) is 50.4 Å². The zero-order valence-corrected chi connectivity index (χ0v) is 13.7. The third-order valence-electron chi connectivity index (χ3n) is 4.96. The Morgan fingerprint density at radius 2 is 1.91 bits per heavy atom. The van der Waals surface area contributed by atoms with Crippen molar-refractivity contribution in [2.24, 2.45) is 0 Å². The number of ketones is 1. The Morgan fingerprint density at radius 1 is 1.18 bits per heavy atom. The Labute approximate surface area is 132 Å². The molecule has 2 heterocycles. The number of piperazine rings is 1. The average Bonchev–Trinajstić information content (AvgIpc) is 2.79. The standard InChI is InChI=1S/C17H27N3O2/c1-13-10-14-4-3-5-16(22)17(14)20(13)12-15(21)11-19-8-6-18(2)7-9-19/h10,15,21H,3-9,11-12H2,1-2H3.